The number of aromatic nitrogens is 2. The number of para-hydroxylation sites is 1. The van der Waals surface area contributed by atoms with E-state index in [0.29, 0.717) is 18.8 Å². The van der Waals surface area contributed by atoms with Gasteiger partial charge in [-0.15, -0.1) is 11.3 Å². The molecule has 0 aliphatic carbocycles. The van der Waals surface area contributed by atoms with Crippen LogP contribution >= 0.6 is 11.3 Å². The number of imidazole rings is 1. The van der Waals surface area contributed by atoms with Crippen molar-refractivity contribution in [3.63, 3.8) is 0 Å². The molecule has 0 spiro atoms. The Bertz CT molecular complexity index is 1740. The fourth-order valence-electron chi connectivity index (χ4n) is 6.41. The average Bonchev–Trinajstić information content (AvgIpc) is 3.53. The van der Waals surface area contributed by atoms with E-state index in [0.717, 1.165) is 60.7 Å². The van der Waals surface area contributed by atoms with E-state index in [1.807, 2.05) is 30.3 Å². The van der Waals surface area contributed by atoms with Gasteiger partial charge in [0.25, 0.3) is 0 Å². The maximum atomic E-state index is 15.2. The van der Waals surface area contributed by atoms with Crippen LogP contribution in [0, 0.1) is 23.1 Å². The van der Waals surface area contributed by atoms with Gasteiger partial charge in [-0.1, -0.05) is 18.2 Å². The lowest BCUT2D eigenvalue weighted by Crippen LogP contribution is -2.43. The highest BCUT2D eigenvalue weighted by Gasteiger charge is 2.44. The molecule has 4 aromatic rings. The Labute approximate surface area is 252 Å². The van der Waals surface area contributed by atoms with Crippen molar-refractivity contribution < 1.29 is 28.5 Å². The number of hydrogen-bond donors (Lipinski definition) is 1. The summed E-state index contributed by atoms with van der Waals surface area (Å²) in [5.41, 5.74) is 2.31. The lowest BCUT2D eigenvalue weighted by Gasteiger charge is -2.44. The average molecular weight is 603 g/mol. The molecule has 2 fully saturated rings. The van der Waals surface area contributed by atoms with Crippen molar-refractivity contribution >= 4 is 27.7 Å². The van der Waals surface area contributed by atoms with Crippen LogP contribution in [0.4, 0.5) is 4.39 Å². The van der Waals surface area contributed by atoms with Crippen LogP contribution in [0.5, 0.6) is 5.75 Å². The zero-order valence-corrected chi connectivity index (χ0v) is 24.5. The van der Waals surface area contributed by atoms with Gasteiger partial charge >= 0.3 is 5.97 Å². The molecule has 0 bridgehead atoms. The summed E-state index contributed by atoms with van der Waals surface area (Å²) in [6.07, 6.45) is 2.56. The summed E-state index contributed by atoms with van der Waals surface area (Å²) in [6.45, 7) is 5.47. The Morgan fingerprint density at radius 1 is 1.21 bits per heavy atom. The second-order valence-electron chi connectivity index (χ2n) is 11.6. The smallest absolute Gasteiger partial charge is 0.346 e. The minimum Gasteiger partial charge on any atom is -0.477 e. The highest BCUT2D eigenvalue weighted by atomic mass is 32.1. The second-order valence-corrected chi connectivity index (χ2v) is 12.6. The minimum absolute atomic E-state index is 0.121. The standard InChI is InChI=1S/C32H31FN4O5S/c1-32(23-7-6-19(16-34)14-24(23)33)41-26-5-3-2-4-22(26)29(42-32)20-8-11-36(12-9-20)18-28-35-30-25(15-27(43-30)31(38)39)37(28)17-21-10-13-40-21/h2-7,14-15,20-21,29H,8-13,17-18H2,1H3,(H,38,39)/t21-,29?,32?/m0/s1. The molecule has 11 heteroatoms. The quantitative estimate of drug-likeness (QED) is 0.281. The van der Waals surface area contributed by atoms with Crippen LogP contribution in [0.2, 0.25) is 0 Å². The molecule has 2 aromatic heterocycles. The number of halogens is 1. The Kier molecular flexibility index (Phi) is 7.18. The summed E-state index contributed by atoms with van der Waals surface area (Å²) in [4.78, 5) is 19.8. The number of carboxylic acids is 1. The first-order valence-corrected chi connectivity index (χ1v) is 15.3. The first-order valence-electron chi connectivity index (χ1n) is 14.5. The predicted molar refractivity (Wildman–Crippen MR) is 156 cm³/mol. The lowest BCUT2D eigenvalue weighted by atomic mass is 9.85. The number of likely N-dealkylation sites (tertiary alicyclic amines) is 1. The van der Waals surface area contributed by atoms with Crippen LogP contribution in [0.3, 0.4) is 0 Å². The van der Waals surface area contributed by atoms with Crippen molar-refractivity contribution in [2.45, 2.75) is 57.3 Å². The molecular formula is C32H31FN4O5S. The van der Waals surface area contributed by atoms with Gasteiger partial charge in [0.15, 0.2) is 0 Å². The van der Waals surface area contributed by atoms with Crippen LogP contribution in [0.15, 0.2) is 48.5 Å². The number of thiophene rings is 1. The van der Waals surface area contributed by atoms with Crippen LogP contribution < -0.4 is 4.74 Å². The van der Waals surface area contributed by atoms with E-state index >= 15 is 4.39 Å². The molecular weight excluding hydrogens is 571 g/mol. The summed E-state index contributed by atoms with van der Waals surface area (Å²) in [5.74, 6) is -1.03. The normalized spacial score (nSPS) is 24.2. The second kappa shape index (κ2) is 11.0. The Morgan fingerprint density at radius 2 is 2.00 bits per heavy atom. The van der Waals surface area contributed by atoms with Gasteiger partial charge in [-0.25, -0.2) is 14.2 Å². The van der Waals surface area contributed by atoms with Crippen molar-refractivity contribution in [1.82, 2.24) is 14.5 Å². The number of benzene rings is 2. The molecule has 3 aliphatic rings. The number of carbonyl (C=O) groups is 1. The molecule has 7 rings (SSSR count). The number of hydrogen-bond acceptors (Lipinski definition) is 8. The molecule has 222 valence electrons. The van der Waals surface area contributed by atoms with Crippen molar-refractivity contribution in [2.75, 3.05) is 19.7 Å². The predicted octanol–water partition coefficient (Wildman–Crippen LogP) is 5.83. The fraction of sp³-hybridized carbons (Fsp3) is 0.406. The highest BCUT2D eigenvalue weighted by Crippen LogP contribution is 2.48. The molecule has 2 unspecified atom stereocenters. The van der Waals surface area contributed by atoms with Gasteiger partial charge in [0.05, 0.1) is 48.0 Å². The van der Waals surface area contributed by atoms with E-state index in [-0.39, 0.29) is 34.1 Å². The van der Waals surface area contributed by atoms with Gasteiger partial charge in [-0.3, -0.25) is 4.90 Å². The third kappa shape index (κ3) is 5.18. The molecule has 43 heavy (non-hydrogen) atoms. The molecule has 1 N–H and O–H groups in total. The van der Waals surface area contributed by atoms with Crippen LogP contribution in [-0.2, 0) is 28.4 Å². The Balaban J connectivity index is 1.10. The van der Waals surface area contributed by atoms with E-state index in [4.69, 9.17) is 19.2 Å². The van der Waals surface area contributed by atoms with E-state index in [1.54, 1.807) is 25.1 Å². The van der Waals surface area contributed by atoms with Crippen molar-refractivity contribution in [3.05, 3.63) is 81.7 Å². The third-order valence-electron chi connectivity index (χ3n) is 8.81. The van der Waals surface area contributed by atoms with Crippen molar-refractivity contribution in [3.8, 4) is 11.8 Å². The van der Waals surface area contributed by atoms with E-state index in [1.165, 1.54) is 17.4 Å². The monoisotopic (exact) mass is 602 g/mol. The Morgan fingerprint density at radius 3 is 2.70 bits per heavy atom. The summed E-state index contributed by atoms with van der Waals surface area (Å²) in [7, 11) is 0. The molecule has 3 aliphatic heterocycles. The highest BCUT2D eigenvalue weighted by molar-refractivity contribution is 7.20. The first kappa shape index (κ1) is 28.0. The van der Waals surface area contributed by atoms with Crippen LogP contribution in [0.1, 0.15) is 64.5 Å². The number of fused-ring (bicyclic) bond motifs is 2. The van der Waals surface area contributed by atoms with Crippen LogP contribution in [-0.4, -0.2) is 51.3 Å². The largest absolute Gasteiger partial charge is 0.477 e. The van der Waals surface area contributed by atoms with E-state index < -0.39 is 17.6 Å². The lowest BCUT2D eigenvalue weighted by molar-refractivity contribution is -0.243. The zero-order chi connectivity index (χ0) is 29.7. The number of aromatic carboxylic acids is 1. The van der Waals surface area contributed by atoms with Crippen molar-refractivity contribution in [2.24, 2.45) is 5.92 Å². The summed E-state index contributed by atoms with van der Waals surface area (Å²) in [6, 6.07) is 15.8. The fourth-order valence-corrected chi connectivity index (χ4v) is 7.30. The van der Waals surface area contributed by atoms with Crippen LogP contribution in [0.25, 0.3) is 10.3 Å². The maximum absolute atomic E-state index is 15.2. The van der Waals surface area contributed by atoms with Gasteiger partial charge in [0.1, 0.15) is 27.1 Å². The number of carboxylic acid groups (broad SMARTS) is 1. The summed E-state index contributed by atoms with van der Waals surface area (Å²) >= 11 is 1.21. The molecule has 0 saturated carbocycles. The molecule has 5 heterocycles. The topological polar surface area (TPSA) is 110 Å². The van der Waals surface area contributed by atoms with Gasteiger partial charge < -0.3 is 23.9 Å². The number of nitrogens with zero attached hydrogens (tertiary/aromatic N) is 4. The van der Waals surface area contributed by atoms with Gasteiger partial charge in [0, 0.05) is 19.1 Å². The maximum Gasteiger partial charge on any atom is 0.346 e. The Hall–Kier alpha value is -3.82. The summed E-state index contributed by atoms with van der Waals surface area (Å²) in [5, 5.41) is 18.7. The zero-order valence-electron chi connectivity index (χ0n) is 23.7. The SMILES string of the molecule is CC1(c2ccc(C#N)cc2F)Oc2ccccc2C(C2CCN(Cc3nc4sc(C(=O)O)cc4n3C[C@@H]3CCO3)CC2)O1. The number of ether oxygens (including phenoxy) is 3. The number of rotatable bonds is 7. The van der Waals surface area contributed by atoms with E-state index in [9.17, 15) is 15.2 Å². The minimum atomic E-state index is -1.34. The number of piperidine rings is 1. The first-order chi connectivity index (χ1) is 20.8. The molecule has 0 amide bonds. The number of nitriles is 1. The van der Waals surface area contributed by atoms with E-state index in [2.05, 4.69) is 9.47 Å². The molecule has 9 nitrogen and oxygen atoms in total. The third-order valence-corrected chi connectivity index (χ3v) is 9.82. The molecule has 2 aromatic carbocycles. The van der Waals surface area contributed by atoms with Gasteiger partial charge in [0.2, 0.25) is 5.79 Å². The van der Waals surface area contributed by atoms with Gasteiger partial charge in [-0.05, 0) is 68.6 Å². The van der Waals surface area contributed by atoms with Gasteiger partial charge in [-0.2, -0.15) is 5.26 Å². The summed E-state index contributed by atoms with van der Waals surface area (Å²) < 4.78 is 35.9. The molecule has 0 radical (unpaired) electrons. The molecule has 3 atom stereocenters. The van der Waals surface area contributed by atoms with Crippen molar-refractivity contribution in [1.29, 1.82) is 5.26 Å². The molecule has 2 saturated heterocycles.